The molecule has 88 valence electrons. The number of rotatable bonds is 3. The van der Waals surface area contributed by atoms with E-state index in [0.717, 1.165) is 16.8 Å². The molecule has 0 radical (unpaired) electrons. The van der Waals surface area contributed by atoms with Crippen LogP contribution in [-0.4, -0.2) is 12.1 Å². The molecule has 2 rings (SSSR count). The van der Waals surface area contributed by atoms with Crippen molar-refractivity contribution in [1.29, 1.82) is 0 Å². The number of ether oxygens (including phenoxy) is 1. The fourth-order valence-corrected chi connectivity index (χ4v) is 1.90. The molecule has 0 aliphatic carbocycles. The molecule has 2 nitrogen and oxygen atoms in total. The number of hydrogen-bond donors (Lipinski definition) is 0. The van der Waals surface area contributed by atoms with Crippen molar-refractivity contribution in [1.82, 2.24) is 4.98 Å². The van der Waals surface area contributed by atoms with E-state index in [-0.39, 0.29) is 6.10 Å². The number of hydrogen-bond acceptors (Lipinski definition) is 2. The summed E-state index contributed by atoms with van der Waals surface area (Å²) in [6.45, 7) is 2.01. The highest BCUT2D eigenvalue weighted by Crippen LogP contribution is 2.27. The predicted octanol–water partition coefficient (Wildman–Crippen LogP) is 4.11. The summed E-state index contributed by atoms with van der Waals surface area (Å²) in [5.41, 5.74) is 2.93. The Labute approximate surface area is 106 Å². The Bertz CT molecular complexity index is 513. The van der Waals surface area contributed by atoms with Gasteiger partial charge in [-0.3, -0.25) is 4.98 Å². The van der Waals surface area contributed by atoms with E-state index in [4.69, 9.17) is 16.3 Å². The van der Waals surface area contributed by atoms with Crippen LogP contribution in [0.5, 0.6) is 0 Å². The first kappa shape index (κ1) is 12.1. The molecular weight excluding hydrogens is 234 g/mol. The van der Waals surface area contributed by atoms with Gasteiger partial charge in [-0.15, -0.1) is 0 Å². The topological polar surface area (TPSA) is 22.1 Å². The lowest BCUT2D eigenvalue weighted by Gasteiger charge is -2.11. The van der Waals surface area contributed by atoms with Gasteiger partial charge >= 0.3 is 0 Å². The highest BCUT2D eigenvalue weighted by Gasteiger charge is 2.08. The van der Waals surface area contributed by atoms with Crippen LogP contribution in [0.25, 0.3) is 11.3 Å². The maximum Gasteiger partial charge on any atom is 0.0888 e. The maximum atomic E-state index is 6.13. The van der Waals surface area contributed by atoms with Crippen LogP contribution < -0.4 is 0 Å². The Morgan fingerprint density at radius 1 is 1.24 bits per heavy atom. The Morgan fingerprint density at radius 3 is 2.76 bits per heavy atom. The van der Waals surface area contributed by atoms with Crippen molar-refractivity contribution in [3.05, 3.63) is 53.2 Å². The van der Waals surface area contributed by atoms with Gasteiger partial charge in [-0.25, -0.2) is 0 Å². The molecule has 2 aromatic rings. The molecule has 1 heterocycles. The van der Waals surface area contributed by atoms with E-state index in [2.05, 4.69) is 11.1 Å². The Morgan fingerprint density at radius 2 is 2.06 bits per heavy atom. The van der Waals surface area contributed by atoms with Crippen molar-refractivity contribution in [2.24, 2.45) is 0 Å². The summed E-state index contributed by atoms with van der Waals surface area (Å²) in [7, 11) is 1.70. The summed E-state index contributed by atoms with van der Waals surface area (Å²) >= 11 is 6.13. The molecule has 3 heteroatoms. The molecule has 0 unspecified atom stereocenters. The zero-order valence-corrected chi connectivity index (χ0v) is 10.6. The van der Waals surface area contributed by atoms with E-state index in [9.17, 15) is 0 Å². The first-order valence-corrected chi connectivity index (χ1v) is 5.84. The van der Waals surface area contributed by atoms with Gasteiger partial charge in [0.25, 0.3) is 0 Å². The molecule has 0 saturated heterocycles. The highest BCUT2D eigenvalue weighted by atomic mass is 35.5. The van der Waals surface area contributed by atoms with Gasteiger partial charge < -0.3 is 4.74 Å². The van der Waals surface area contributed by atoms with Gasteiger partial charge in [0, 0.05) is 18.9 Å². The van der Waals surface area contributed by atoms with E-state index < -0.39 is 0 Å². The summed E-state index contributed by atoms with van der Waals surface area (Å²) < 4.78 is 5.30. The molecule has 0 aliphatic heterocycles. The van der Waals surface area contributed by atoms with Crippen LogP contribution in [-0.2, 0) is 4.74 Å². The molecule has 0 bridgehead atoms. The summed E-state index contributed by atoms with van der Waals surface area (Å²) in [5.74, 6) is 0. The molecule has 1 atom stereocenters. The minimum absolute atomic E-state index is 0.0671. The molecular formula is C14H14ClNO. The molecule has 0 N–H and O–H groups in total. The fourth-order valence-electron chi connectivity index (χ4n) is 1.67. The summed E-state index contributed by atoms with van der Waals surface area (Å²) in [4.78, 5) is 4.30. The normalized spacial score (nSPS) is 12.4. The fraction of sp³-hybridized carbons (Fsp3) is 0.214. The van der Waals surface area contributed by atoms with Crippen LogP contribution in [0, 0.1) is 0 Å². The van der Waals surface area contributed by atoms with Crippen molar-refractivity contribution in [2.75, 3.05) is 7.11 Å². The third-order valence-corrected chi connectivity index (χ3v) is 3.05. The van der Waals surface area contributed by atoms with Crippen molar-refractivity contribution < 1.29 is 4.74 Å². The average Bonchev–Trinajstić information content (AvgIpc) is 2.38. The van der Waals surface area contributed by atoms with Crippen LogP contribution in [0.2, 0.25) is 5.02 Å². The molecule has 0 fully saturated rings. The number of halogens is 1. The largest absolute Gasteiger partial charge is 0.377 e. The van der Waals surface area contributed by atoms with Crippen molar-refractivity contribution in [3.63, 3.8) is 0 Å². The van der Waals surface area contributed by atoms with Crippen LogP contribution in [0.15, 0.2) is 42.6 Å². The first-order valence-electron chi connectivity index (χ1n) is 5.46. The van der Waals surface area contributed by atoms with Crippen molar-refractivity contribution >= 4 is 11.6 Å². The van der Waals surface area contributed by atoms with E-state index >= 15 is 0 Å². The second-order valence-electron chi connectivity index (χ2n) is 3.84. The van der Waals surface area contributed by atoms with E-state index in [1.165, 1.54) is 0 Å². The maximum absolute atomic E-state index is 6.13. The Hall–Kier alpha value is -1.38. The van der Waals surface area contributed by atoms with E-state index in [0.29, 0.717) is 5.02 Å². The Balaban J connectivity index is 2.43. The van der Waals surface area contributed by atoms with Gasteiger partial charge in [0.05, 0.1) is 16.8 Å². The molecule has 0 saturated carbocycles. The van der Waals surface area contributed by atoms with Crippen LogP contribution in [0.3, 0.4) is 0 Å². The number of methoxy groups -OCH3 is 1. The zero-order chi connectivity index (χ0) is 12.3. The Kier molecular flexibility index (Phi) is 3.77. The number of aromatic nitrogens is 1. The highest BCUT2D eigenvalue weighted by molar-refractivity contribution is 6.33. The van der Waals surface area contributed by atoms with Crippen molar-refractivity contribution in [3.8, 4) is 11.3 Å². The number of nitrogens with zero attached hydrogens (tertiary/aromatic N) is 1. The predicted molar refractivity (Wildman–Crippen MR) is 70.1 cm³/mol. The SMILES string of the molecule is CO[C@@H](C)c1cccc(-c2ncccc2Cl)c1. The first-order chi connectivity index (χ1) is 8.22. The van der Waals surface area contributed by atoms with E-state index in [1.54, 1.807) is 13.3 Å². The van der Waals surface area contributed by atoms with E-state index in [1.807, 2.05) is 37.3 Å². The molecule has 1 aromatic heterocycles. The minimum Gasteiger partial charge on any atom is -0.377 e. The molecule has 0 aliphatic rings. The minimum atomic E-state index is 0.0671. The van der Waals surface area contributed by atoms with Gasteiger partial charge in [-0.1, -0.05) is 29.8 Å². The van der Waals surface area contributed by atoms with Crippen LogP contribution >= 0.6 is 11.6 Å². The molecule has 0 amide bonds. The summed E-state index contributed by atoms with van der Waals surface area (Å²) in [6.07, 6.45) is 1.81. The second-order valence-corrected chi connectivity index (χ2v) is 4.24. The number of pyridine rings is 1. The zero-order valence-electron chi connectivity index (χ0n) is 9.85. The third-order valence-electron chi connectivity index (χ3n) is 2.74. The smallest absolute Gasteiger partial charge is 0.0888 e. The lowest BCUT2D eigenvalue weighted by Crippen LogP contribution is -1.96. The van der Waals surface area contributed by atoms with Gasteiger partial charge in [-0.05, 0) is 30.7 Å². The molecule has 1 aromatic carbocycles. The van der Waals surface area contributed by atoms with Crippen molar-refractivity contribution in [2.45, 2.75) is 13.0 Å². The lowest BCUT2D eigenvalue weighted by molar-refractivity contribution is 0.119. The molecule has 17 heavy (non-hydrogen) atoms. The lowest BCUT2D eigenvalue weighted by atomic mass is 10.0. The number of benzene rings is 1. The van der Waals surface area contributed by atoms with Gasteiger partial charge in [-0.2, -0.15) is 0 Å². The summed E-state index contributed by atoms with van der Waals surface area (Å²) in [5, 5.41) is 0.662. The van der Waals surface area contributed by atoms with Gasteiger partial charge in [0.15, 0.2) is 0 Å². The van der Waals surface area contributed by atoms with Crippen LogP contribution in [0.4, 0.5) is 0 Å². The second kappa shape index (κ2) is 5.30. The van der Waals surface area contributed by atoms with Crippen LogP contribution in [0.1, 0.15) is 18.6 Å². The summed E-state index contributed by atoms with van der Waals surface area (Å²) in [6, 6.07) is 11.8. The molecule has 0 spiro atoms. The monoisotopic (exact) mass is 247 g/mol. The average molecular weight is 248 g/mol. The van der Waals surface area contributed by atoms with Gasteiger partial charge in [0.1, 0.15) is 0 Å². The third kappa shape index (κ3) is 2.65. The quantitative estimate of drug-likeness (QED) is 0.814. The van der Waals surface area contributed by atoms with Gasteiger partial charge in [0.2, 0.25) is 0 Å². The standard InChI is InChI=1S/C14H14ClNO/c1-10(17-2)11-5-3-6-12(9-11)14-13(15)7-4-8-16-14/h3-10H,1-2H3/t10-/m0/s1.